The Balaban J connectivity index is 2.24. The Hall–Kier alpha value is -2.85. The minimum absolute atomic E-state index is 0.00744. The summed E-state index contributed by atoms with van der Waals surface area (Å²) in [5, 5.41) is 10.7. The molecule has 2 rings (SSSR count). The van der Waals surface area contributed by atoms with Crippen LogP contribution >= 0.6 is 0 Å². The molecule has 2 amide bonds. The van der Waals surface area contributed by atoms with Gasteiger partial charge in [-0.3, -0.25) is 9.59 Å². The number of carbonyl (C=O) groups is 3. The summed E-state index contributed by atoms with van der Waals surface area (Å²) in [5.74, 6) is -6.24. The number of hydrogen-bond acceptors (Lipinski definition) is 4. The van der Waals surface area contributed by atoms with Gasteiger partial charge in [0.25, 0.3) is 0 Å². The van der Waals surface area contributed by atoms with Crippen molar-refractivity contribution in [2.75, 3.05) is 11.9 Å². The highest BCUT2D eigenvalue weighted by Crippen LogP contribution is 2.36. The molecule has 2 N–H and O–H groups in total. The topological polar surface area (TPSA) is 95.9 Å². The van der Waals surface area contributed by atoms with E-state index in [9.17, 15) is 31.9 Å². The molecule has 0 saturated heterocycles. The summed E-state index contributed by atoms with van der Waals surface area (Å²) in [5.41, 5.74) is -0.282. The summed E-state index contributed by atoms with van der Waals surface area (Å²) >= 11 is 0. The summed E-state index contributed by atoms with van der Waals surface area (Å²) in [6.45, 7) is 2.01. The van der Waals surface area contributed by atoms with Crippen LogP contribution in [0, 0.1) is 11.7 Å². The molecule has 1 atom stereocenters. The average molecular weight is 406 g/mol. The van der Waals surface area contributed by atoms with Gasteiger partial charge in [-0.1, -0.05) is 6.92 Å². The van der Waals surface area contributed by atoms with Gasteiger partial charge >= 0.3 is 18.2 Å². The second-order valence-corrected chi connectivity index (χ2v) is 6.28. The van der Waals surface area contributed by atoms with Crippen molar-refractivity contribution in [3.8, 4) is 5.75 Å². The van der Waals surface area contributed by atoms with Crippen molar-refractivity contribution in [3.05, 3.63) is 23.5 Å². The molecule has 7 nitrogen and oxygen atoms in total. The van der Waals surface area contributed by atoms with Crippen LogP contribution in [0.3, 0.4) is 0 Å². The molecule has 11 heteroatoms. The number of nitrogens with zero attached hydrogens (tertiary/aromatic N) is 1. The van der Waals surface area contributed by atoms with Gasteiger partial charge in [0.2, 0.25) is 5.91 Å². The van der Waals surface area contributed by atoms with E-state index in [0.717, 1.165) is 6.07 Å². The Kier molecular flexibility index (Phi) is 6.47. The van der Waals surface area contributed by atoms with E-state index in [1.54, 1.807) is 6.92 Å². The van der Waals surface area contributed by atoms with Crippen LogP contribution in [0.2, 0.25) is 0 Å². The molecule has 1 unspecified atom stereocenters. The Morgan fingerprint density at radius 3 is 2.57 bits per heavy atom. The fourth-order valence-electron chi connectivity index (χ4n) is 2.77. The average Bonchev–Trinajstić information content (AvgIpc) is 2.57. The summed E-state index contributed by atoms with van der Waals surface area (Å²) in [4.78, 5) is 35.8. The summed E-state index contributed by atoms with van der Waals surface area (Å²) in [7, 11) is 0. The van der Waals surface area contributed by atoms with Crippen LogP contribution in [-0.4, -0.2) is 40.7 Å². The highest BCUT2D eigenvalue weighted by molar-refractivity contribution is 5.93. The van der Waals surface area contributed by atoms with Crippen LogP contribution in [0.25, 0.3) is 0 Å². The maximum atomic E-state index is 14.2. The number of hydrogen-bond donors (Lipinski definition) is 2. The van der Waals surface area contributed by atoms with Crippen LogP contribution < -0.4 is 10.1 Å². The number of alkyl halides is 3. The number of benzene rings is 1. The molecule has 28 heavy (non-hydrogen) atoms. The fraction of sp³-hybridized carbons (Fsp3) is 0.471. The molecule has 154 valence electrons. The molecule has 0 fully saturated rings. The molecule has 1 aromatic carbocycles. The zero-order valence-corrected chi connectivity index (χ0v) is 14.8. The molecule has 0 spiro atoms. The van der Waals surface area contributed by atoms with Crippen LogP contribution in [-0.2, 0) is 16.1 Å². The summed E-state index contributed by atoms with van der Waals surface area (Å²) in [6, 6.07) is 2.10. The Morgan fingerprint density at radius 1 is 1.32 bits per heavy atom. The molecule has 1 aromatic rings. The van der Waals surface area contributed by atoms with Gasteiger partial charge < -0.3 is 20.1 Å². The fourth-order valence-corrected chi connectivity index (χ4v) is 2.77. The number of halogens is 4. The number of carboxylic acid groups (broad SMARTS) is 1. The molecule has 0 radical (unpaired) electrons. The Labute approximate surface area is 157 Å². The number of amides is 2. The maximum absolute atomic E-state index is 14.2. The number of carboxylic acids is 1. The second kappa shape index (κ2) is 8.44. The van der Waals surface area contributed by atoms with Crippen molar-refractivity contribution in [1.29, 1.82) is 0 Å². The van der Waals surface area contributed by atoms with Gasteiger partial charge in [0, 0.05) is 18.5 Å². The lowest BCUT2D eigenvalue weighted by Gasteiger charge is -2.29. The lowest BCUT2D eigenvalue weighted by molar-refractivity contribution is -0.185. The van der Waals surface area contributed by atoms with E-state index < -0.39 is 54.4 Å². The lowest BCUT2D eigenvalue weighted by atomic mass is 10.00. The normalized spacial score (nSPS) is 14.9. The Morgan fingerprint density at radius 2 is 2.00 bits per heavy atom. The first-order chi connectivity index (χ1) is 13.0. The van der Waals surface area contributed by atoms with E-state index in [0.29, 0.717) is 13.0 Å². The Bertz CT molecular complexity index is 782. The largest absolute Gasteiger partial charge is 0.481 e. The van der Waals surface area contributed by atoms with Crippen LogP contribution in [0.1, 0.15) is 31.7 Å². The minimum Gasteiger partial charge on any atom is -0.481 e. The lowest BCUT2D eigenvalue weighted by Crippen LogP contribution is -2.38. The number of rotatable bonds is 7. The molecule has 1 aliphatic heterocycles. The van der Waals surface area contributed by atoms with Gasteiger partial charge in [-0.2, -0.15) is 13.2 Å². The van der Waals surface area contributed by atoms with Crippen molar-refractivity contribution in [2.24, 2.45) is 5.92 Å². The van der Waals surface area contributed by atoms with Crippen LogP contribution in [0.5, 0.6) is 5.75 Å². The van der Waals surface area contributed by atoms with Gasteiger partial charge in [-0.15, -0.1) is 0 Å². The monoisotopic (exact) mass is 406 g/mol. The highest BCUT2D eigenvalue weighted by atomic mass is 19.4. The van der Waals surface area contributed by atoms with Crippen LogP contribution in [0.15, 0.2) is 12.1 Å². The molecule has 0 saturated carbocycles. The molecular formula is C17H18F4N2O5. The van der Waals surface area contributed by atoms with Crippen molar-refractivity contribution in [1.82, 2.24) is 4.90 Å². The zero-order valence-electron chi connectivity index (χ0n) is 14.8. The van der Waals surface area contributed by atoms with E-state index in [-0.39, 0.29) is 17.9 Å². The highest BCUT2D eigenvalue weighted by Gasteiger charge is 2.42. The van der Waals surface area contributed by atoms with Crippen molar-refractivity contribution >= 4 is 23.7 Å². The number of aliphatic carboxylic acids is 1. The molecule has 1 heterocycles. The zero-order chi connectivity index (χ0) is 21.1. The molecular weight excluding hydrogens is 388 g/mol. The number of ether oxygens (including phenoxy) is 1. The predicted octanol–water partition coefficient (Wildman–Crippen LogP) is 3.53. The van der Waals surface area contributed by atoms with Crippen LogP contribution in [0.4, 0.5) is 28.0 Å². The van der Waals surface area contributed by atoms with E-state index in [1.165, 1.54) is 11.0 Å². The summed E-state index contributed by atoms with van der Waals surface area (Å²) in [6.07, 6.45) is -7.44. The number of carbonyl (C=O) groups excluding carboxylic acids is 2. The SMILES string of the molecule is CCCN1Cc2c(ccc(F)c2NC(=O)CC(CC(=O)O)C(F)(F)F)OC1=O. The third-order valence-electron chi connectivity index (χ3n) is 4.10. The quantitative estimate of drug-likeness (QED) is 0.676. The van der Waals surface area contributed by atoms with Crippen molar-refractivity contribution in [2.45, 2.75) is 38.9 Å². The summed E-state index contributed by atoms with van der Waals surface area (Å²) < 4.78 is 58.1. The second-order valence-electron chi connectivity index (χ2n) is 6.28. The smallest absolute Gasteiger partial charge is 0.415 e. The number of anilines is 1. The van der Waals surface area contributed by atoms with E-state index in [2.05, 4.69) is 5.32 Å². The molecule has 1 aliphatic rings. The van der Waals surface area contributed by atoms with E-state index in [4.69, 9.17) is 9.84 Å². The number of nitrogens with one attached hydrogen (secondary N) is 1. The van der Waals surface area contributed by atoms with E-state index >= 15 is 0 Å². The maximum Gasteiger partial charge on any atom is 0.415 e. The van der Waals surface area contributed by atoms with Crippen molar-refractivity contribution in [3.63, 3.8) is 0 Å². The molecule has 0 aromatic heterocycles. The first kappa shape index (κ1) is 21.5. The first-order valence-corrected chi connectivity index (χ1v) is 8.39. The standard InChI is InChI=1S/C17H18F4N2O5/c1-2-5-23-8-10-12(28-16(23)27)4-3-11(18)15(10)22-13(24)6-9(7-14(25)26)17(19,20)21/h3-4,9H,2,5-8H2,1H3,(H,22,24)(H,25,26). The third kappa shape index (κ3) is 5.11. The van der Waals surface area contributed by atoms with Gasteiger partial charge in [0.15, 0.2) is 0 Å². The first-order valence-electron chi connectivity index (χ1n) is 8.39. The third-order valence-corrected chi connectivity index (χ3v) is 4.10. The van der Waals surface area contributed by atoms with Gasteiger partial charge in [-0.05, 0) is 18.6 Å². The van der Waals surface area contributed by atoms with Crippen molar-refractivity contribution < 1.29 is 41.8 Å². The number of fused-ring (bicyclic) bond motifs is 1. The molecule has 0 bridgehead atoms. The predicted molar refractivity (Wildman–Crippen MR) is 88.2 cm³/mol. The molecule has 0 aliphatic carbocycles. The van der Waals surface area contributed by atoms with Gasteiger partial charge in [0.05, 0.1) is 24.6 Å². The minimum atomic E-state index is -4.90. The van der Waals surface area contributed by atoms with E-state index in [1.807, 2.05) is 0 Å². The van der Waals surface area contributed by atoms with Gasteiger partial charge in [0.1, 0.15) is 11.6 Å². The van der Waals surface area contributed by atoms with Gasteiger partial charge in [-0.25, -0.2) is 9.18 Å².